The van der Waals surface area contributed by atoms with Gasteiger partial charge in [0.2, 0.25) is 0 Å². The first-order chi connectivity index (χ1) is 6.24. The summed E-state index contributed by atoms with van der Waals surface area (Å²) in [5, 5.41) is 2.84. The average molecular weight is 196 g/mol. The van der Waals surface area contributed by atoms with E-state index >= 15 is 0 Å². The summed E-state index contributed by atoms with van der Waals surface area (Å²) in [6.07, 6.45) is 0. The van der Waals surface area contributed by atoms with Crippen LogP contribution < -0.4 is 4.74 Å². The van der Waals surface area contributed by atoms with Gasteiger partial charge in [0.15, 0.2) is 0 Å². The SMILES string of the molecule is COc1cc(F)c2sccc2c1C. The summed E-state index contributed by atoms with van der Waals surface area (Å²) in [6, 6.07) is 3.36. The normalized spacial score (nSPS) is 10.7. The number of rotatable bonds is 1. The number of ether oxygens (including phenoxy) is 1. The van der Waals surface area contributed by atoms with Gasteiger partial charge in [-0.3, -0.25) is 0 Å². The summed E-state index contributed by atoms with van der Waals surface area (Å²) in [5.74, 6) is 0.413. The summed E-state index contributed by atoms with van der Waals surface area (Å²) >= 11 is 1.42. The van der Waals surface area contributed by atoms with Crippen LogP contribution in [0.25, 0.3) is 10.1 Å². The molecule has 1 heterocycles. The highest BCUT2D eigenvalue weighted by Gasteiger charge is 2.09. The number of aryl methyl sites for hydroxylation is 1. The van der Waals surface area contributed by atoms with Gasteiger partial charge in [-0.05, 0) is 23.9 Å². The number of halogens is 1. The highest BCUT2D eigenvalue weighted by Crippen LogP contribution is 2.32. The van der Waals surface area contributed by atoms with Crippen molar-refractivity contribution in [3.05, 3.63) is 28.9 Å². The largest absolute Gasteiger partial charge is 0.496 e. The molecule has 0 aliphatic heterocycles. The molecule has 0 fully saturated rings. The van der Waals surface area contributed by atoms with Gasteiger partial charge in [0.05, 0.1) is 11.8 Å². The number of benzene rings is 1. The van der Waals surface area contributed by atoms with Crippen molar-refractivity contribution in [2.75, 3.05) is 7.11 Å². The van der Waals surface area contributed by atoms with E-state index in [1.807, 2.05) is 18.4 Å². The fraction of sp³-hybridized carbons (Fsp3) is 0.200. The van der Waals surface area contributed by atoms with E-state index in [-0.39, 0.29) is 5.82 Å². The molecule has 1 aromatic heterocycles. The van der Waals surface area contributed by atoms with Gasteiger partial charge in [-0.2, -0.15) is 0 Å². The molecule has 0 N–H and O–H groups in total. The van der Waals surface area contributed by atoms with Crippen LogP contribution in [0.1, 0.15) is 5.56 Å². The number of methoxy groups -OCH3 is 1. The quantitative estimate of drug-likeness (QED) is 0.679. The fourth-order valence-electron chi connectivity index (χ4n) is 1.42. The third kappa shape index (κ3) is 1.20. The first-order valence-electron chi connectivity index (χ1n) is 3.94. The first kappa shape index (κ1) is 8.51. The molecule has 2 aromatic rings. The Balaban J connectivity index is 2.85. The molecule has 1 aromatic carbocycles. The van der Waals surface area contributed by atoms with Gasteiger partial charge in [0.25, 0.3) is 0 Å². The topological polar surface area (TPSA) is 9.23 Å². The zero-order chi connectivity index (χ0) is 9.42. The van der Waals surface area contributed by atoms with Crippen LogP contribution in [-0.4, -0.2) is 7.11 Å². The lowest BCUT2D eigenvalue weighted by Gasteiger charge is -2.05. The maximum atomic E-state index is 13.4. The van der Waals surface area contributed by atoms with Gasteiger partial charge in [0, 0.05) is 11.5 Å². The summed E-state index contributed by atoms with van der Waals surface area (Å²) in [4.78, 5) is 0. The van der Waals surface area contributed by atoms with Crippen LogP contribution in [0.15, 0.2) is 17.5 Å². The molecule has 3 heteroatoms. The molecule has 2 rings (SSSR count). The number of hydrogen-bond donors (Lipinski definition) is 0. The molecule has 0 saturated heterocycles. The Morgan fingerprint density at radius 2 is 2.23 bits per heavy atom. The molecular formula is C10H9FOS. The van der Waals surface area contributed by atoms with Crippen molar-refractivity contribution in [2.45, 2.75) is 6.92 Å². The molecule has 0 radical (unpaired) electrons. The summed E-state index contributed by atoms with van der Waals surface area (Å²) in [5.41, 5.74) is 1.00. The lowest BCUT2D eigenvalue weighted by Crippen LogP contribution is -1.88. The zero-order valence-electron chi connectivity index (χ0n) is 7.43. The molecule has 0 spiro atoms. The molecule has 0 saturated carbocycles. The lowest BCUT2D eigenvalue weighted by atomic mass is 10.1. The highest BCUT2D eigenvalue weighted by molar-refractivity contribution is 7.17. The molecule has 0 atom stereocenters. The molecule has 0 aliphatic carbocycles. The van der Waals surface area contributed by atoms with Crippen molar-refractivity contribution in [1.82, 2.24) is 0 Å². The Labute approximate surface area is 79.8 Å². The van der Waals surface area contributed by atoms with Crippen LogP contribution in [0.3, 0.4) is 0 Å². The maximum absolute atomic E-state index is 13.4. The minimum Gasteiger partial charge on any atom is -0.496 e. The van der Waals surface area contributed by atoms with Crippen molar-refractivity contribution in [3.63, 3.8) is 0 Å². The summed E-state index contributed by atoms with van der Waals surface area (Å²) < 4.78 is 19.2. The maximum Gasteiger partial charge on any atom is 0.144 e. The molecule has 0 unspecified atom stereocenters. The van der Waals surface area contributed by atoms with E-state index in [4.69, 9.17) is 4.74 Å². The monoisotopic (exact) mass is 196 g/mol. The second kappa shape index (κ2) is 3.00. The molecule has 0 amide bonds. The number of fused-ring (bicyclic) bond motifs is 1. The van der Waals surface area contributed by atoms with Crippen molar-refractivity contribution in [1.29, 1.82) is 0 Å². The lowest BCUT2D eigenvalue weighted by molar-refractivity contribution is 0.409. The van der Waals surface area contributed by atoms with Gasteiger partial charge in [-0.15, -0.1) is 11.3 Å². The van der Waals surface area contributed by atoms with Crippen LogP contribution in [0.2, 0.25) is 0 Å². The van der Waals surface area contributed by atoms with Crippen LogP contribution in [0.5, 0.6) is 5.75 Å². The minimum absolute atomic E-state index is 0.201. The minimum atomic E-state index is -0.201. The van der Waals surface area contributed by atoms with Gasteiger partial charge in [-0.1, -0.05) is 0 Å². The van der Waals surface area contributed by atoms with Crippen LogP contribution >= 0.6 is 11.3 Å². The molecule has 13 heavy (non-hydrogen) atoms. The Morgan fingerprint density at radius 3 is 2.92 bits per heavy atom. The van der Waals surface area contributed by atoms with E-state index in [0.29, 0.717) is 10.4 Å². The fourth-order valence-corrected chi connectivity index (χ4v) is 2.28. The third-order valence-corrected chi connectivity index (χ3v) is 3.06. The van der Waals surface area contributed by atoms with Crippen molar-refractivity contribution in [2.24, 2.45) is 0 Å². The van der Waals surface area contributed by atoms with Crippen LogP contribution in [0.4, 0.5) is 4.39 Å². The van der Waals surface area contributed by atoms with E-state index in [9.17, 15) is 4.39 Å². The van der Waals surface area contributed by atoms with Crippen molar-refractivity contribution >= 4 is 21.4 Å². The van der Waals surface area contributed by atoms with Gasteiger partial charge >= 0.3 is 0 Å². The molecule has 0 aliphatic rings. The number of thiophene rings is 1. The number of hydrogen-bond acceptors (Lipinski definition) is 2. The zero-order valence-corrected chi connectivity index (χ0v) is 8.24. The molecule has 68 valence electrons. The Bertz CT molecular complexity index is 447. The predicted octanol–water partition coefficient (Wildman–Crippen LogP) is 3.36. The Morgan fingerprint density at radius 1 is 1.46 bits per heavy atom. The van der Waals surface area contributed by atoms with Crippen LogP contribution in [0, 0.1) is 12.7 Å². The second-order valence-electron chi connectivity index (χ2n) is 2.85. The smallest absolute Gasteiger partial charge is 0.144 e. The average Bonchev–Trinajstić information content (AvgIpc) is 2.60. The Hall–Kier alpha value is -1.09. The molecule has 0 bridgehead atoms. The van der Waals surface area contributed by atoms with E-state index in [0.717, 1.165) is 10.9 Å². The van der Waals surface area contributed by atoms with E-state index in [2.05, 4.69) is 0 Å². The summed E-state index contributed by atoms with van der Waals surface area (Å²) in [7, 11) is 1.56. The van der Waals surface area contributed by atoms with Crippen LogP contribution in [-0.2, 0) is 0 Å². The summed E-state index contributed by atoms with van der Waals surface area (Å²) in [6.45, 7) is 1.94. The third-order valence-electron chi connectivity index (χ3n) is 2.13. The van der Waals surface area contributed by atoms with E-state index in [1.54, 1.807) is 7.11 Å². The van der Waals surface area contributed by atoms with Crippen molar-refractivity contribution in [3.8, 4) is 5.75 Å². The standard InChI is InChI=1S/C10H9FOS/c1-6-7-3-4-13-10(7)8(11)5-9(6)12-2/h3-5H,1-2H3. The molecule has 1 nitrogen and oxygen atoms in total. The highest BCUT2D eigenvalue weighted by atomic mass is 32.1. The second-order valence-corrected chi connectivity index (χ2v) is 3.77. The first-order valence-corrected chi connectivity index (χ1v) is 4.82. The van der Waals surface area contributed by atoms with Gasteiger partial charge in [-0.25, -0.2) is 4.39 Å². The van der Waals surface area contributed by atoms with E-state index in [1.165, 1.54) is 17.4 Å². The Kier molecular flexibility index (Phi) is 1.96. The van der Waals surface area contributed by atoms with Gasteiger partial charge in [0.1, 0.15) is 11.6 Å². The predicted molar refractivity (Wildman–Crippen MR) is 53.1 cm³/mol. The molecular weight excluding hydrogens is 187 g/mol. The van der Waals surface area contributed by atoms with E-state index < -0.39 is 0 Å². The van der Waals surface area contributed by atoms with Gasteiger partial charge < -0.3 is 4.74 Å². The van der Waals surface area contributed by atoms with Crippen molar-refractivity contribution < 1.29 is 9.13 Å².